The largest absolute Gasteiger partial charge is 0.431 e. The molecule has 0 saturated heterocycles. The second kappa shape index (κ2) is 5.69. The molecule has 0 radical (unpaired) electrons. The van der Waals surface area contributed by atoms with Crippen LogP contribution in [0.2, 0.25) is 0 Å². The Morgan fingerprint density at radius 2 is 1.70 bits per heavy atom. The second-order valence-electron chi connectivity index (χ2n) is 6.64. The molecule has 1 atom stereocenters. The number of hydrogen-bond donors (Lipinski definition) is 1. The van der Waals surface area contributed by atoms with Crippen molar-refractivity contribution in [2.24, 2.45) is 5.41 Å². The Labute approximate surface area is 133 Å². The van der Waals surface area contributed by atoms with Crippen LogP contribution in [-0.4, -0.2) is 12.1 Å². The Bertz CT molecular complexity index is 625. The second-order valence-corrected chi connectivity index (χ2v) is 6.64. The van der Waals surface area contributed by atoms with Crippen LogP contribution in [0.25, 0.3) is 0 Å². The molecule has 1 unspecified atom stereocenters. The minimum Gasteiger partial charge on any atom is -0.322 e. The Morgan fingerprint density at radius 3 is 2.26 bits per heavy atom. The number of aryl methyl sites for hydroxylation is 1. The standard InChI is InChI=1S/C18H20F3NO/c1-12-5-7-13(8-6-12)14-11-15(18(19,20)21)22-16(23)17(14)9-3-2-4-10-17/h5-8,11,14H,2-4,9-10H2,1H3,(H,22,23). The molecule has 1 aromatic rings. The van der Waals surface area contributed by atoms with E-state index < -0.39 is 29.1 Å². The van der Waals surface area contributed by atoms with Gasteiger partial charge in [-0.3, -0.25) is 4.79 Å². The van der Waals surface area contributed by atoms with Gasteiger partial charge in [-0.15, -0.1) is 0 Å². The fourth-order valence-electron chi connectivity index (χ4n) is 3.83. The van der Waals surface area contributed by atoms with Crippen molar-refractivity contribution in [3.8, 4) is 0 Å². The predicted octanol–water partition coefficient (Wildman–Crippen LogP) is 4.61. The highest BCUT2D eigenvalue weighted by molar-refractivity contribution is 5.87. The quantitative estimate of drug-likeness (QED) is 0.804. The van der Waals surface area contributed by atoms with E-state index in [0.717, 1.165) is 30.4 Å². The first-order chi connectivity index (χ1) is 10.8. The molecule has 1 fully saturated rings. The Balaban J connectivity index is 2.10. The summed E-state index contributed by atoms with van der Waals surface area (Å²) in [5, 5.41) is 2.13. The smallest absolute Gasteiger partial charge is 0.322 e. The van der Waals surface area contributed by atoms with Gasteiger partial charge in [0, 0.05) is 5.92 Å². The Kier molecular flexibility index (Phi) is 3.98. The monoisotopic (exact) mass is 323 g/mol. The molecule has 5 heteroatoms. The zero-order valence-corrected chi connectivity index (χ0v) is 13.0. The summed E-state index contributed by atoms with van der Waals surface area (Å²) in [7, 11) is 0. The van der Waals surface area contributed by atoms with E-state index in [1.54, 1.807) is 0 Å². The fraction of sp³-hybridized carbons (Fsp3) is 0.500. The first kappa shape index (κ1) is 16.1. The maximum Gasteiger partial charge on any atom is 0.431 e. The number of carbonyl (C=O) groups is 1. The summed E-state index contributed by atoms with van der Waals surface area (Å²) in [5.74, 6) is -0.994. The van der Waals surface area contributed by atoms with Crippen LogP contribution in [0.3, 0.4) is 0 Å². The summed E-state index contributed by atoms with van der Waals surface area (Å²) >= 11 is 0. The highest BCUT2D eigenvalue weighted by atomic mass is 19.4. The summed E-state index contributed by atoms with van der Waals surface area (Å²) in [6.07, 6.45) is 0.756. The normalized spacial score (nSPS) is 24.3. The van der Waals surface area contributed by atoms with Gasteiger partial charge in [-0.05, 0) is 31.4 Å². The van der Waals surface area contributed by atoms with Gasteiger partial charge >= 0.3 is 6.18 Å². The lowest BCUT2D eigenvalue weighted by Crippen LogP contribution is -2.51. The van der Waals surface area contributed by atoms with Gasteiger partial charge in [-0.1, -0.05) is 49.1 Å². The van der Waals surface area contributed by atoms with Crippen LogP contribution < -0.4 is 5.32 Å². The summed E-state index contributed by atoms with van der Waals surface area (Å²) in [6, 6.07) is 7.47. The number of amides is 1. The molecule has 1 spiro atoms. The first-order valence-electron chi connectivity index (χ1n) is 8.00. The van der Waals surface area contributed by atoms with Gasteiger partial charge in [-0.2, -0.15) is 13.2 Å². The minimum atomic E-state index is -4.53. The summed E-state index contributed by atoms with van der Waals surface area (Å²) in [5.41, 5.74) is 0.160. The van der Waals surface area contributed by atoms with Crippen molar-refractivity contribution in [3.05, 3.63) is 47.2 Å². The highest BCUT2D eigenvalue weighted by Crippen LogP contribution is 2.51. The van der Waals surface area contributed by atoms with E-state index in [9.17, 15) is 18.0 Å². The third-order valence-corrected chi connectivity index (χ3v) is 5.12. The van der Waals surface area contributed by atoms with Crippen LogP contribution in [0.1, 0.15) is 49.1 Å². The minimum absolute atomic E-state index is 0.474. The van der Waals surface area contributed by atoms with Crippen molar-refractivity contribution in [1.29, 1.82) is 0 Å². The number of hydrogen-bond acceptors (Lipinski definition) is 1. The van der Waals surface area contributed by atoms with E-state index in [4.69, 9.17) is 0 Å². The summed E-state index contributed by atoms with van der Waals surface area (Å²) in [6.45, 7) is 1.94. The van der Waals surface area contributed by atoms with Crippen molar-refractivity contribution in [2.75, 3.05) is 0 Å². The first-order valence-corrected chi connectivity index (χ1v) is 8.00. The maximum atomic E-state index is 13.1. The van der Waals surface area contributed by atoms with E-state index in [2.05, 4.69) is 5.32 Å². The van der Waals surface area contributed by atoms with Crippen LogP contribution in [0.15, 0.2) is 36.0 Å². The molecule has 124 valence electrons. The van der Waals surface area contributed by atoms with Gasteiger partial charge in [0.2, 0.25) is 5.91 Å². The molecular weight excluding hydrogens is 303 g/mol. The molecule has 1 aromatic carbocycles. The Morgan fingerprint density at radius 1 is 1.09 bits per heavy atom. The Hall–Kier alpha value is -1.78. The maximum absolute atomic E-state index is 13.1. The molecule has 23 heavy (non-hydrogen) atoms. The third-order valence-electron chi connectivity index (χ3n) is 5.12. The van der Waals surface area contributed by atoms with Gasteiger partial charge < -0.3 is 5.32 Å². The van der Waals surface area contributed by atoms with Crippen molar-refractivity contribution in [3.63, 3.8) is 0 Å². The molecular formula is C18H20F3NO. The lowest BCUT2D eigenvalue weighted by molar-refractivity contribution is -0.140. The lowest BCUT2D eigenvalue weighted by atomic mass is 9.61. The van der Waals surface area contributed by atoms with E-state index >= 15 is 0 Å². The number of alkyl halides is 3. The molecule has 1 saturated carbocycles. The number of benzene rings is 1. The molecule has 1 amide bonds. The van der Waals surface area contributed by atoms with Gasteiger partial charge in [0.05, 0.1) is 5.41 Å². The van der Waals surface area contributed by atoms with Gasteiger partial charge in [0.15, 0.2) is 0 Å². The number of halogens is 3. The van der Waals surface area contributed by atoms with Crippen molar-refractivity contribution in [2.45, 2.75) is 51.1 Å². The molecule has 0 bridgehead atoms. The number of nitrogens with one attached hydrogen (secondary N) is 1. The van der Waals surface area contributed by atoms with Crippen molar-refractivity contribution >= 4 is 5.91 Å². The van der Waals surface area contributed by atoms with Crippen molar-refractivity contribution < 1.29 is 18.0 Å². The SMILES string of the molecule is Cc1ccc(C2C=C(C(F)(F)F)NC(=O)C23CCCCC3)cc1. The number of carbonyl (C=O) groups excluding carboxylic acids is 1. The molecule has 2 aliphatic rings. The topological polar surface area (TPSA) is 29.1 Å². The highest BCUT2D eigenvalue weighted by Gasteiger charge is 2.51. The van der Waals surface area contributed by atoms with Crippen LogP contribution in [0.4, 0.5) is 13.2 Å². The zero-order valence-electron chi connectivity index (χ0n) is 13.0. The molecule has 2 nitrogen and oxygen atoms in total. The van der Waals surface area contributed by atoms with Crippen LogP contribution in [0, 0.1) is 12.3 Å². The predicted molar refractivity (Wildman–Crippen MR) is 81.7 cm³/mol. The molecule has 1 N–H and O–H groups in total. The summed E-state index contributed by atoms with van der Waals surface area (Å²) in [4.78, 5) is 12.6. The van der Waals surface area contributed by atoms with E-state index in [-0.39, 0.29) is 0 Å². The average Bonchev–Trinajstić information content (AvgIpc) is 2.51. The van der Waals surface area contributed by atoms with Crippen LogP contribution in [0.5, 0.6) is 0 Å². The lowest BCUT2D eigenvalue weighted by Gasteiger charge is -2.44. The molecule has 3 rings (SSSR count). The van der Waals surface area contributed by atoms with Crippen LogP contribution >= 0.6 is 0 Å². The van der Waals surface area contributed by atoms with Crippen LogP contribution in [-0.2, 0) is 4.79 Å². The summed E-state index contributed by atoms with van der Waals surface area (Å²) < 4.78 is 39.4. The average molecular weight is 323 g/mol. The van der Waals surface area contributed by atoms with Gasteiger partial charge in [0.25, 0.3) is 0 Å². The number of allylic oxidation sites excluding steroid dienone is 2. The zero-order chi connectivity index (χ0) is 16.7. The van der Waals surface area contributed by atoms with E-state index in [1.807, 2.05) is 31.2 Å². The van der Waals surface area contributed by atoms with E-state index in [0.29, 0.717) is 12.8 Å². The van der Waals surface area contributed by atoms with Gasteiger partial charge in [-0.25, -0.2) is 0 Å². The molecule has 1 aliphatic carbocycles. The molecule has 0 aromatic heterocycles. The van der Waals surface area contributed by atoms with Crippen molar-refractivity contribution in [1.82, 2.24) is 5.32 Å². The van der Waals surface area contributed by atoms with Gasteiger partial charge in [0.1, 0.15) is 5.70 Å². The number of rotatable bonds is 1. The molecule has 1 heterocycles. The van der Waals surface area contributed by atoms with E-state index in [1.165, 1.54) is 6.08 Å². The fourth-order valence-corrected chi connectivity index (χ4v) is 3.83. The molecule has 1 aliphatic heterocycles. The third kappa shape index (κ3) is 2.89.